The van der Waals surface area contributed by atoms with Crippen LogP contribution in [0.1, 0.15) is 52.9 Å². The second-order valence-corrected chi connectivity index (χ2v) is 5.61. The third kappa shape index (κ3) is 4.28. The van der Waals surface area contributed by atoms with E-state index in [0.29, 0.717) is 5.92 Å². The Bertz CT molecular complexity index is 182. The molecule has 0 aliphatic heterocycles. The van der Waals surface area contributed by atoms with Crippen molar-refractivity contribution in [2.24, 2.45) is 11.3 Å². The van der Waals surface area contributed by atoms with E-state index < -0.39 is 0 Å². The maximum Gasteiger partial charge on any atom is 0.0749 e. The molecule has 0 radical (unpaired) electrons. The lowest BCUT2D eigenvalue weighted by atomic mass is 9.84. The molecule has 82 valence electrons. The predicted octanol–water partition coefficient (Wildman–Crippen LogP) is 3.53. The number of aliphatic hydroxyl groups is 1. The Hall–Kier alpha value is -0.300. The molecule has 1 fully saturated rings. The third-order valence-corrected chi connectivity index (χ3v) is 2.93. The monoisotopic (exact) mass is 196 g/mol. The minimum absolute atomic E-state index is 0.190. The van der Waals surface area contributed by atoms with Crippen LogP contribution in [0.2, 0.25) is 0 Å². The molecule has 0 aromatic carbocycles. The Morgan fingerprint density at radius 3 is 2.21 bits per heavy atom. The summed E-state index contributed by atoms with van der Waals surface area (Å²) in [4.78, 5) is 0. The van der Waals surface area contributed by atoms with Crippen molar-refractivity contribution < 1.29 is 5.11 Å². The molecule has 0 amide bonds. The highest BCUT2D eigenvalue weighted by molar-refractivity contribution is 4.98. The Kier molecular flexibility index (Phi) is 4.18. The zero-order valence-electron chi connectivity index (χ0n) is 9.79. The van der Waals surface area contributed by atoms with E-state index in [9.17, 15) is 5.11 Å². The first kappa shape index (κ1) is 11.8. The third-order valence-electron chi connectivity index (χ3n) is 2.93. The van der Waals surface area contributed by atoms with Crippen molar-refractivity contribution in [1.29, 1.82) is 0 Å². The van der Waals surface area contributed by atoms with Gasteiger partial charge in [0, 0.05) is 0 Å². The van der Waals surface area contributed by atoms with E-state index in [0.717, 1.165) is 0 Å². The molecule has 14 heavy (non-hydrogen) atoms. The van der Waals surface area contributed by atoms with E-state index in [4.69, 9.17) is 0 Å². The molecule has 0 saturated heterocycles. The zero-order valence-corrected chi connectivity index (χ0v) is 9.79. The van der Waals surface area contributed by atoms with E-state index in [1.807, 2.05) is 6.08 Å². The van der Waals surface area contributed by atoms with E-state index in [1.165, 1.54) is 32.1 Å². The van der Waals surface area contributed by atoms with E-state index >= 15 is 0 Å². The summed E-state index contributed by atoms with van der Waals surface area (Å²) in [5.74, 6) is 0.516. The second-order valence-electron chi connectivity index (χ2n) is 5.61. The fourth-order valence-corrected chi connectivity index (χ4v) is 2.02. The van der Waals surface area contributed by atoms with Crippen molar-refractivity contribution in [1.82, 2.24) is 0 Å². The van der Waals surface area contributed by atoms with Crippen molar-refractivity contribution in [2.45, 2.75) is 59.0 Å². The maximum absolute atomic E-state index is 9.95. The summed E-state index contributed by atoms with van der Waals surface area (Å²) in [6.07, 6.45) is 10.3. The fourth-order valence-electron chi connectivity index (χ4n) is 2.02. The highest BCUT2D eigenvalue weighted by Crippen LogP contribution is 2.27. The van der Waals surface area contributed by atoms with Gasteiger partial charge >= 0.3 is 0 Å². The van der Waals surface area contributed by atoms with E-state index in [1.54, 1.807) is 0 Å². The zero-order chi connectivity index (χ0) is 10.6. The molecular weight excluding hydrogens is 172 g/mol. The quantitative estimate of drug-likeness (QED) is 0.670. The topological polar surface area (TPSA) is 20.2 Å². The van der Waals surface area contributed by atoms with E-state index in [-0.39, 0.29) is 11.5 Å². The number of aliphatic hydroxyl groups excluding tert-OH is 1. The highest BCUT2D eigenvalue weighted by Gasteiger charge is 2.19. The van der Waals surface area contributed by atoms with Crippen molar-refractivity contribution in [3.63, 3.8) is 0 Å². The molecule has 1 atom stereocenters. The lowest BCUT2D eigenvalue weighted by Gasteiger charge is -2.25. The van der Waals surface area contributed by atoms with Crippen LogP contribution in [-0.2, 0) is 0 Å². The van der Waals surface area contributed by atoms with Crippen LogP contribution < -0.4 is 0 Å². The highest BCUT2D eigenvalue weighted by atomic mass is 16.3. The molecule has 0 aromatic rings. The minimum atomic E-state index is -0.213. The molecule has 1 rings (SSSR count). The predicted molar refractivity (Wildman–Crippen MR) is 61.2 cm³/mol. The molecule has 1 aliphatic carbocycles. The van der Waals surface area contributed by atoms with Crippen LogP contribution in [-0.4, -0.2) is 11.2 Å². The number of allylic oxidation sites excluding steroid dienone is 1. The van der Waals surface area contributed by atoms with Crippen molar-refractivity contribution in [3.8, 4) is 0 Å². The Morgan fingerprint density at radius 2 is 1.71 bits per heavy atom. The van der Waals surface area contributed by atoms with Crippen LogP contribution in [0.5, 0.6) is 0 Å². The molecule has 0 heterocycles. The van der Waals surface area contributed by atoms with Gasteiger partial charge in [-0.25, -0.2) is 0 Å². The van der Waals surface area contributed by atoms with Gasteiger partial charge in [-0.3, -0.25) is 0 Å². The van der Waals surface area contributed by atoms with Gasteiger partial charge in [0.2, 0.25) is 0 Å². The van der Waals surface area contributed by atoms with Gasteiger partial charge in [0.25, 0.3) is 0 Å². The maximum atomic E-state index is 9.95. The standard InChI is InChI=1S/C13H24O/c1-13(2,3)10-9-12(14)11-7-5-4-6-8-11/h9-12,14H,4-8H2,1-3H3/b10-9+/t12-/m1/s1. The molecule has 1 heteroatoms. The lowest BCUT2D eigenvalue weighted by molar-refractivity contribution is 0.124. The minimum Gasteiger partial charge on any atom is -0.389 e. The first-order valence-electron chi connectivity index (χ1n) is 5.86. The van der Waals surface area contributed by atoms with Gasteiger partial charge in [-0.15, -0.1) is 0 Å². The summed E-state index contributed by atoms with van der Waals surface area (Å²) in [5.41, 5.74) is 0.190. The lowest BCUT2D eigenvalue weighted by Crippen LogP contribution is -2.21. The van der Waals surface area contributed by atoms with Crippen LogP contribution in [0.4, 0.5) is 0 Å². The summed E-state index contributed by atoms with van der Waals surface area (Å²) < 4.78 is 0. The van der Waals surface area contributed by atoms with Crippen LogP contribution >= 0.6 is 0 Å². The summed E-state index contributed by atoms with van der Waals surface area (Å²) >= 11 is 0. The van der Waals surface area contributed by atoms with Gasteiger partial charge in [0.1, 0.15) is 0 Å². The van der Waals surface area contributed by atoms with Gasteiger partial charge in [0.15, 0.2) is 0 Å². The average Bonchev–Trinajstić information content (AvgIpc) is 2.14. The smallest absolute Gasteiger partial charge is 0.0749 e. The molecule has 1 N–H and O–H groups in total. The molecule has 0 unspecified atom stereocenters. The van der Waals surface area contributed by atoms with Crippen LogP contribution in [0.3, 0.4) is 0 Å². The largest absolute Gasteiger partial charge is 0.389 e. The normalized spacial score (nSPS) is 22.9. The van der Waals surface area contributed by atoms with Gasteiger partial charge in [-0.1, -0.05) is 52.2 Å². The SMILES string of the molecule is CC(C)(C)/C=C/[C@@H](O)C1CCCCC1. The van der Waals surface area contributed by atoms with Crippen molar-refractivity contribution in [2.75, 3.05) is 0 Å². The molecule has 0 spiro atoms. The summed E-state index contributed by atoms with van der Waals surface area (Å²) in [6, 6.07) is 0. The van der Waals surface area contributed by atoms with Crippen molar-refractivity contribution >= 4 is 0 Å². The number of rotatable bonds is 2. The first-order valence-corrected chi connectivity index (χ1v) is 5.86. The van der Waals surface area contributed by atoms with Gasteiger partial charge < -0.3 is 5.11 Å². The molecular formula is C13H24O. The molecule has 0 bridgehead atoms. The van der Waals surface area contributed by atoms with Gasteiger partial charge in [-0.2, -0.15) is 0 Å². The van der Waals surface area contributed by atoms with Crippen LogP contribution in [0.25, 0.3) is 0 Å². The molecule has 1 nitrogen and oxygen atoms in total. The average molecular weight is 196 g/mol. The van der Waals surface area contributed by atoms with Crippen LogP contribution in [0.15, 0.2) is 12.2 Å². The van der Waals surface area contributed by atoms with Crippen LogP contribution in [0, 0.1) is 11.3 Å². The molecule has 0 aromatic heterocycles. The Balaban J connectivity index is 2.40. The molecule has 1 aliphatic rings. The van der Waals surface area contributed by atoms with Gasteiger partial charge in [-0.05, 0) is 24.2 Å². The number of hydrogen-bond acceptors (Lipinski definition) is 1. The van der Waals surface area contributed by atoms with Crippen molar-refractivity contribution in [3.05, 3.63) is 12.2 Å². The van der Waals surface area contributed by atoms with E-state index in [2.05, 4.69) is 26.8 Å². The Morgan fingerprint density at radius 1 is 1.14 bits per heavy atom. The van der Waals surface area contributed by atoms with Gasteiger partial charge in [0.05, 0.1) is 6.10 Å². The summed E-state index contributed by atoms with van der Waals surface area (Å²) in [5, 5.41) is 9.95. The summed E-state index contributed by atoms with van der Waals surface area (Å²) in [7, 11) is 0. The Labute approximate surface area is 88.2 Å². The second kappa shape index (κ2) is 4.97. The molecule has 1 saturated carbocycles. The fraction of sp³-hybridized carbons (Fsp3) is 0.846. The first-order chi connectivity index (χ1) is 6.49. The number of hydrogen-bond donors (Lipinski definition) is 1. The summed E-state index contributed by atoms with van der Waals surface area (Å²) in [6.45, 7) is 6.49.